The van der Waals surface area contributed by atoms with Crippen molar-refractivity contribution in [3.63, 3.8) is 0 Å². The van der Waals surface area contributed by atoms with Gasteiger partial charge in [-0.25, -0.2) is 4.79 Å². The van der Waals surface area contributed by atoms with E-state index in [-0.39, 0.29) is 76.1 Å². The molecule has 9 heteroatoms. The van der Waals surface area contributed by atoms with Gasteiger partial charge in [0, 0.05) is 13.1 Å². The number of nitro benzene ring substituents is 1. The summed E-state index contributed by atoms with van der Waals surface area (Å²) in [5, 5.41) is 24.3. The van der Waals surface area contributed by atoms with Crippen LogP contribution in [0.1, 0.15) is 5.56 Å². The van der Waals surface area contributed by atoms with E-state index in [1.807, 2.05) is 0 Å². The van der Waals surface area contributed by atoms with Crippen LogP contribution in [0.3, 0.4) is 0 Å². The Labute approximate surface area is 158 Å². The molecule has 0 radical (unpaired) electrons. The number of nitrogens with one attached hydrogen (secondary N) is 1. The van der Waals surface area contributed by atoms with Gasteiger partial charge in [-0.3, -0.25) is 10.1 Å². The molecule has 0 unspecified atom stereocenters. The van der Waals surface area contributed by atoms with Gasteiger partial charge in [-0.1, -0.05) is 5.75 Å². The Kier molecular flexibility index (Phi) is 8.15. The number of rotatable bonds is 4. The molecule has 0 aliphatic heterocycles. The molecule has 0 aliphatic carbocycles. The van der Waals surface area contributed by atoms with E-state index >= 15 is 0 Å². The average molecular weight is 341 g/mol. The zero-order valence-electron chi connectivity index (χ0n) is 10.8. The molecule has 98 valence electrons. The summed E-state index contributed by atoms with van der Waals surface area (Å²) in [6.45, 7) is -0.327. The van der Waals surface area contributed by atoms with Crippen LogP contribution in [0.2, 0.25) is 0 Å². The molecule has 8 nitrogen and oxygen atoms in total. The van der Waals surface area contributed by atoms with Gasteiger partial charge < -0.3 is 19.9 Å². The number of nitro groups is 1. The van der Waals surface area contributed by atoms with Crippen molar-refractivity contribution in [3.05, 3.63) is 27.8 Å². The standard InChI is InChI=1S/C10H12N2O6.Rb/c1-11-10(14)18-5-6-3-9(17-2)8(13)4-7(6)12(15)16;/h3-4,13H,5H2,1-2H3,(H,11,14);/q;+1/p-1. The second-order valence-corrected chi connectivity index (χ2v) is 3.22. The molecule has 0 spiro atoms. The van der Waals surface area contributed by atoms with Crippen LogP contribution < -0.4 is 73.3 Å². The van der Waals surface area contributed by atoms with Crippen molar-refractivity contribution < 1.29 is 82.5 Å². The summed E-state index contributed by atoms with van der Waals surface area (Å²) in [4.78, 5) is 20.9. The molecular formula is C10H11N2O6Rb. The van der Waals surface area contributed by atoms with Crippen LogP contribution in [0.5, 0.6) is 11.5 Å². The van der Waals surface area contributed by atoms with Crippen LogP contribution in [0, 0.1) is 10.1 Å². The Bertz CT molecular complexity index is 479. The molecule has 1 aromatic carbocycles. The number of carbonyl (C=O) groups is 1. The Balaban J connectivity index is 0.00000324. The molecule has 1 N–H and O–H groups in total. The van der Waals surface area contributed by atoms with Gasteiger partial charge in [0.1, 0.15) is 12.4 Å². The third-order valence-corrected chi connectivity index (χ3v) is 2.12. The van der Waals surface area contributed by atoms with E-state index in [1.165, 1.54) is 20.2 Å². The maximum atomic E-state index is 11.4. The number of methoxy groups -OCH3 is 1. The second-order valence-electron chi connectivity index (χ2n) is 3.22. The van der Waals surface area contributed by atoms with Crippen LogP contribution in [-0.4, -0.2) is 25.2 Å². The Hall–Kier alpha value is -0.705. The normalized spacial score (nSPS) is 9.16. The Morgan fingerprint density at radius 2 is 2.11 bits per heavy atom. The summed E-state index contributed by atoms with van der Waals surface area (Å²) in [6, 6.07) is 2.02. The number of alkyl carbamates (subject to hydrolysis) is 1. The smallest absolute Gasteiger partial charge is 0.870 e. The van der Waals surface area contributed by atoms with Gasteiger partial charge in [0.25, 0.3) is 5.69 Å². The fourth-order valence-corrected chi connectivity index (χ4v) is 1.25. The number of hydrogen-bond acceptors (Lipinski definition) is 6. The molecule has 0 bridgehead atoms. The number of hydrogen-bond donors (Lipinski definition) is 1. The first-order valence-corrected chi connectivity index (χ1v) is 4.86. The number of ether oxygens (including phenoxy) is 2. The van der Waals surface area contributed by atoms with E-state index in [9.17, 15) is 20.0 Å². The Morgan fingerprint density at radius 3 is 2.58 bits per heavy atom. The van der Waals surface area contributed by atoms with Gasteiger partial charge in [0.2, 0.25) is 0 Å². The van der Waals surface area contributed by atoms with Crippen molar-refractivity contribution in [2.75, 3.05) is 14.2 Å². The molecule has 19 heavy (non-hydrogen) atoms. The molecule has 0 aliphatic rings. The van der Waals surface area contributed by atoms with Crippen molar-refractivity contribution in [2.45, 2.75) is 6.61 Å². The van der Waals surface area contributed by atoms with E-state index in [0.29, 0.717) is 0 Å². The monoisotopic (exact) mass is 340 g/mol. The zero-order chi connectivity index (χ0) is 13.7. The Morgan fingerprint density at radius 1 is 1.47 bits per heavy atom. The van der Waals surface area contributed by atoms with Gasteiger partial charge >= 0.3 is 64.3 Å². The van der Waals surface area contributed by atoms with Crippen LogP contribution >= 0.6 is 0 Å². The van der Waals surface area contributed by atoms with E-state index < -0.39 is 22.5 Å². The maximum Gasteiger partial charge on any atom is 1.00 e. The molecule has 0 saturated carbocycles. The van der Waals surface area contributed by atoms with Crippen molar-refractivity contribution in [1.82, 2.24) is 5.32 Å². The summed E-state index contributed by atoms with van der Waals surface area (Å²) in [5.41, 5.74) is -0.329. The van der Waals surface area contributed by atoms with Crippen LogP contribution in [0.25, 0.3) is 0 Å². The SMILES string of the molecule is CNC(=O)OCc1cc(OC)c([O-])cc1[N+](=O)[O-].[Rb+]. The minimum atomic E-state index is -0.727. The maximum absolute atomic E-state index is 11.4. The van der Waals surface area contributed by atoms with Crippen molar-refractivity contribution in [1.29, 1.82) is 0 Å². The minimum Gasteiger partial charge on any atom is -0.870 e. The molecule has 1 amide bonds. The second kappa shape index (κ2) is 8.46. The molecule has 0 aromatic heterocycles. The number of nitrogens with zero attached hydrogens (tertiary/aromatic N) is 1. The van der Waals surface area contributed by atoms with Gasteiger partial charge in [-0.2, -0.15) is 0 Å². The van der Waals surface area contributed by atoms with E-state index in [4.69, 9.17) is 9.47 Å². The molecule has 0 saturated heterocycles. The van der Waals surface area contributed by atoms with Crippen molar-refractivity contribution in [2.24, 2.45) is 0 Å². The zero-order valence-corrected chi connectivity index (χ0v) is 15.7. The van der Waals surface area contributed by atoms with Gasteiger partial charge in [-0.15, -0.1) is 0 Å². The topological polar surface area (TPSA) is 114 Å². The quantitative estimate of drug-likeness (QED) is 0.480. The number of amides is 1. The number of benzene rings is 1. The first kappa shape index (κ1) is 18.3. The molecule has 1 aromatic rings. The third kappa shape index (κ3) is 5.05. The van der Waals surface area contributed by atoms with Crippen LogP contribution in [-0.2, 0) is 11.3 Å². The van der Waals surface area contributed by atoms with Crippen LogP contribution in [0.4, 0.5) is 10.5 Å². The summed E-state index contributed by atoms with van der Waals surface area (Å²) in [7, 11) is 2.63. The fourth-order valence-electron chi connectivity index (χ4n) is 1.25. The van der Waals surface area contributed by atoms with E-state index in [2.05, 4.69) is 5.32 Å². The van der Waals surface area contributed by atoms with Crippen LogP contribution in [0.15, 0.2) is 12.1 Å². The third-order valence-electron chi connectivity index (χ3n) is 2.12. The predicted octanol–water partition coefficient (Wildman–Crippen LogP) is -2.46. The first-order valence-electron chi connectivity index (χ1n) is 4.86. The largest absolute Gasteiger partial charge is 1.00 e. The van der Waals surface area contributed by atoms with Crippen molar-refractivity contribution >= 4 is 11.8 Å². The van der Waals surface area contributed by atoms with Gasteiger partial charge in [-0.05, 0) is 6.07 Å². The fraction of sp³-hybridized carbons (Fsp3) is 0.300. The van der Waals surface area contributed by atoms with Crippen molar-refractivity contribution in [3.8, 4) is 11.5 Å². The molecule has 0 heterocycles. The summed E-state index contributed by atoms with van der Waals surface area (Å²) < 4.78 is 9.46. The predicted molar refractivity (Wildman–Crippen MR) is 58.3 cm³/mol. The molecule has 0 atom stereocenters. The molecular weight excluding hydrogens is 330 g/mol. The summed E-state index contributed by atoms with van der Waals surface area (Å²) >= 11 is 0. The number of carbonyl (C=O) groups excluding carboxylic acids is 1. The minimum absolute atomic E-state index is 0. The molecule has 0 fully saturated rings. The molecule has 1 rings (SSSR count). The summed E-state index contributed by atoms with van der Waals surface area (Å²) in [6.07, 6.45) is -0.727. The van der Waals surface area contributed by atoms with Gasteiger partial charge in [0.15, 0.2) is 0 Å². The average Bonchev–Trinajstić information content (AvgIpc) is 2.36. The summed E-state index contributed by atoms with van der Waals surface area (Å²) in [5.74, 6) is -0.649. The first-order chi connectivity index (χ1) is 8.49. The van der Waals surface area contributed by atoms with E-state index in [0.717, 1.165) is 6.07 Å². The van der Waals surface area contributed by atoms with Gasteiger partial charge in [0.05, 0.1) is 17.6 Å². The van der Waals surface area contributed by atoms with E-state index in [1.54, 1.807) is 0 Å².